The summed E-state index contributed by atoms with van der Waals surface area (Å²) in [5.74, 6) is 0.633. The highest BCUT2D eigenvalue weighted by molar-refractivity contribution is 5.20. The van der Waals surface area contributed by atoms with Crippen LogP contribution >= 0.6 is 0 Å². The van der Waals surface area contributed by atoms with Gasteiger partial charge in [-0.1, -0.05) is 19.1 Å². The molecule has 3 unspecified atom stereocenters. The van der Waals surface area contributed by atoms with Crippen LogP contribution in [-0.2, 0) is 0 Å². The molecular formula is C17H27FN2. The van der Waals surface area contributed by atoms with Crippen LogP contribution in [0.2, 0.25) is 0 Å². The van der Waals surface area contributed by atoms with Gasteiger partial charge >= 0.3 is 0 Å². The van der Waals surface area contributed by atoms with Crippen LogP contribution in [-0.4, -0.2) is 31.1 Å². The van der Waals surface area contributed by atoms with Gasteiger partial charge in [0.05, 0.1) is 0 Å². The van der Waals surface area contributed by atoms with Crippen molar-refractivity contribution in [2.24, 2.45) is 5.92 Å². The number of nitrogens with one attached hydrogen (secondary N) is 1. The SMILES string of the molecule is CNC(CCN1CCCC(C)C1C)c1cccc(F)c1. The second-order valence-corrected chi connectivity index (χ2v) is 6.08. The maximum Gasteiger partial charge on any atom is 0.123 e. The Morgan fingerprint density at radius 2 is 2.20 bits per heavy atom. The molecule has 1 N–H and O–H groups in total. The van der Waals surface area contributed by atoms with E-state index in [1.807, 2.05) is 13.1 Å². The number of hydrogen-bond acceptors (Lipinski definition) is 2. The molecule has 1 fully saturated rings. The van der Waals surface area contributed by atoms with Crippen molar-refractivity contribution in [1.82, 2.24) is 10.2 Å². The van der Waals surface area contributed by atoms with Crippen molar-refractivity contribution in [3.63, 3.8) is 0 Å². The zero-order valence-corrected chi connectivity index (χ0v) is 12.9. The van der Waals surface area contributed by atoms with Gasteiger partial charge in [0.25, 0.3) is 0 Å². The highest BCUT2D eigenvalue weighted by atomic mass is 19.1. The van der Waals surface area contributed by atoms with Gasteiger partial charge in [-0.05, 0) is 63.4 Å². The van der Waals surface area contributed by atoms with Gasteiger partial charge in [0.1, 0.15) is 5.82 Å². The second-order valence-electron chi connectivity index (χ2n) is 6.08. The van der Waals surface area contributed by atoms with Crippen molar-refractivity contribution in [2.75, 3.05) is 20.1 Å². The Hall–Kier alpha value is -0.930. The molecule has 3 atom stereocenters. The molecular weight excluding hydrogens is 251 g/mol. The fourth-order valence-corrected chi connectivity index (χ4v) is 3.23. The quantitative estimate of drug-likeness (QED) is 0.885. The Bertz CT molecular complexity index is 421. The van der Waals surface area contributed by atoms with E-state index in [1.165, 1.54) is 25.5 Å². The first-order chi connectivity index (χ1) is 9.61. The fraction of sp³-hybridized carbons (Fsp3) is 0.647. The summed E-state index contributed by atoms with van der Waals surface area (Å²) in [6, 6.07) is 7.84. The Balaban J connectivity index is 1.94. The lowest BCUT2D eigenvalue weighted by atomic mass is 9.91. The zero-order valence-electron chi connectivity index (χ0n) is 12.9. The van der Waals surface area contributed by atoms with Gasteiger partial charge in [-0.2, -0.15) is 0 Å². The van der Waals surface area contributed by atoms with Gasteiger partial charge in [-0.25, -0.2) is 4.39 Å². The summed E-state index contributed by atoms with van der Waals surface area (Å²) in [6.45, 7) is 6.96. The molecule has 112 valence electrons. The summed E-state index contributed by atoms with van der Waals surface area (Å²) in [4.78, 5) is 2.58. The van der Waals surface area contributed by atoms with Crippen molar-refractivity contribution in [3.05, 3.63) is 35.6 Å². The van der Waals surface area contributed by atoms with Gasteiger partial charge in [0.2, 0.25) is 0 Å². The van der Waals surface area contributed by atoms with Crippen LogP contribution in [0.1, 0.15) is 44.7 Å². The molecule has 1 aromatic carbocycles. The Kier molecular flexibility index (Phi) is 5.55. The maximum absolute atomic E-state index is 13.3. The summed E-state index contributed by atoms with van der Waals surface area (Å²) in [6.07, 6.45) is 3.67. The third-order valence-electron chi connectivity index (χ3n) is 4.81. The van der Waals surface area contributed by atoms with Crippen LogP contribution < -0.4 is 5.32 Å². The zero-order chi connectivity index (χ0) is 14.5. The van der Waals surface area contributed by atoms with Crippen LogP contribution in [0.3, 0.4) is 0 Å². The topological polar surface area (TPSA) is 15.3 Å². The van der Waals surface area contributed by atoms with Crippen LogP contribution in [0.4, 0.5) is 4.39 Å². The summed E-state index contributed by atoms with van der Waals surface area (Å²) >= 11 is 0. The Morgan fingerprint density at radius 3 is 2.90 bits per heavy atom. The first-order valence-corrected chi connectivity index (χ1v) is 7.78. The van der Waals surface area contributed by atoms with Crippen molar-refractivity contribution in [2.45, 2.75) is 45.2 Å². The van der Waals surface area contributed by atoms with Crippen molar-refractivity contribution < 1.29 is 4.39 Å². The average molecular weight is 278 g/mol. The smallest absolute Gasteiger partial charge is 0.123 e. The van der Waals surface area contributed by atoms with Crippen molar-refractivity contribution >= 4 is 0 Å². The van der Waals surface area contributed by atoms with Crippen LogP contribution in [0.25, 0.3) is 0 Å². The molecule has 0 spiro atoms. The van der Waals surface area contributed by atoms with E-state index in [0.717, 1.165) is 24.4 Å². The number of halogens is 1. The summed E-state index contributed by atoms with van der Waals surface area (Å²) in [5.41, 5.74) is 1.05. The minimum atomic E-state index is -0.150. The molecule has 1 saturated heterocycles. The van der Waals surface area contributed by atoms with Crippen LogP contribution in [0, 0.1) is 11.7 Å². The van der Waals surface area contributed by atoms with E-state index in [2.05, 4.69) is 24.1 Å². The average Bonchev–Trinajstić information content (AvgIpc) is 2.44. The third-order valence-corrected chi connectivity index (χ3v) is 4.81. The molecule has 3 heteroatoms. The molecule has 0 aliphatic carbocycles. The van der Waals surface area contributed by atoms with E-state index in [0.29, 0.717) is 6.04 Å². The predicted molar refractivity (Wildman–Crippen MR) is 82.3 cm³/mol. The van der Waals surface area contributed by atoms with Crippen molar-refractivity contribution in [1.29, 1.82) is 0 Å². The number of hydrogen-bond donors (Lipinski definition) is 1. The van der Waals surface area contributed by atoms with E-state index in [4.69, 9.17) is 0 Å². The molecule has 0 amide bonds. The fourth-order valence-electron chi connectivity index (χ4n) is 3.23. The van der Waals surface area contributed by atoms with E-state index < -0.39 is 0 Å². The number of rotatable bonds is 5. The molecule has 0 saturated carbocycles. The first kappa shape index (κ1) is 15.5. The van der Waals surface area contributed by atoms with E-state index in [-0.39, 0.29) is 11.9 Å². The lowest BCUT2D eigenvalue weighted by Crippen LogP contribution is -2.43. The molecule has 2 rings (SSSR count). The van der Waals surface area contributed by atoms with Gasteiger partial charge in [0, 0.05) is 18.6 Å². The largest absolute Gasteiger partial charge is 0.313 e. The standard InChI is InChI=1S/C17H27FN2/c1-13-6-5-10-20(14(13)2)11-9-17(19-3)15-7-4-8-16(18)12-15/h4,7-8,12-14,17,19H,5-6,9-11H2,1-3H3. The lowest BCUT2D eigenvalue weighted by molar-refractivity contribution is 0.109. The highest BCUT2D eigenvalue weighted by Crippen LogP contribution is 2.25. The number of piperidine rings is 1. The van der Waals surface area contributed by atoms with E-state index >= 15 is 0 Å². The molecule has 20 heavy (non-hydrogen) atoms. The van der Waals surface area contributed by atoms with E-state index in [9.17, 15) is 4.39 Å². The first-order valence-electron chi connectivity index (χ1n) is 7.78. The molecule has 2 nitrogen and oxygen atoms in total. The minimum Gasteiger partial charge on any atom is -0.313 e. The lowest BCUT2D eigenvalue weighted by Gasteiger charge is -2.38. The minimum absolute atomic E-state index is 0.150. The number of likely N-dealkylation sites (tertiary alicyclic amines) is 1. The summed E-state index contributed by atoms with van der Waals surface area (Å²) in [7, 11) is 1.96. The third kappa shape index (κ3) is 3.80. The molecule has 1 aromatic rings. The van der Waals surface area contributed by atoms with Crippen molar-refractivity contribution in [3.8, 4) is 0 Å². The van der Waals surface area contributed by atoms with E-state index in [1.54, 1.807) is 12.1 Å². The Labute approximate surface area is 122 Å². The summed E-state index contributed by atoms with van der Waals surface area (Å²) in [5, 5.41) is 3.32. The predicted octanol–water partition coefficient (Wildman–Crippen LogP) is 3.60. The molecule has 1 aliphatic rings. The van der Waals surface area contributed by atoms with Gasteiger partial charge in [0.15, 0.2) is 0 Å². The normalized spacial score (nSPS) is 25.6. The molecule has 1 heterocycles. The monoisotopic (exact) mass is 278 g/mol. The number of benzene rings is 1. The molecule has 0 radical (unpaired) electrons. The number of nitrogens with zero attached hydrogens (tertiary/aromatic N) is 1. The van der Waals surface area contributed by atoms with Crippen LogP contribution in [0.15, 0.2) is 24.3 Å². The van der Waals surface area contributed by atoms with Gasteiger partial charge < -0.3 is 10.2 Å². The molecule has 0 bridgehead atoms. The van der Waals surface area contributed by atoms with Crippen LogP contribution in [0.5, 0.6) is 0 Å². The molecule has 1 aliphatic heterocycles. The highest BCUT2D eigenvalue weighted by Gasteiger charge is 2.24. The van der Waals surface area contributed by atoms with Gasteiger partial charge in [-0.15, -0.1) is 0 Å². The second kappa shape index (κ2) is 7.19. The maximum atomic E-state index is 13.3. The summed E-state index contributed by atoms with van der Waals surface area (Å²) < 4.78 is 13.3. The van der Waals surface area contributed by atoms with Gasteiger partial charge in [-0.3, -0.25) is 0 Å². The molecule has 0 aromatic heterocycles. The Morgan fingerprint density at radius 1 is 1.40 bits per heavy atom.